The molecule has 0 amide bonds. The summed E-state index contributed by atoms with van der Waals surface area (Å²) in [6.45, 7) is 19.4. The molecule has 0 aliphatic heterocycles. The molecule has 0 aliphatic carbocycles. The second-order valence-electron chi connectivity index (χ2n) is 7.90. The van der Waals surface area contributed by atoms with E-state index in [1.165, 1.54) is 0 Å². The number of nitrogens with one attached hydrogen (secondary N) is 1. The summed E-state index contributed by atoms with van der Waals surface area (Å²) in [4.78, 5) is 15.7. The molecule has 1 N–H and O–H groups in total. The third kappa shape index (κ3) is 11.6. The van der Waals surface area contributed by atoms with E-state index in [2.05, 4.69) is 44.3 Å². The van der Waals surface area contributed by atoms with Crippen molar-refractivity contribution in [2.24, 2.45) is 0 Å². The van der Waals surface area contributed by atoms with E-state index in [1.54, 1.807) is 0 Å². The molecule has 19 heavy (non-hydrogen) atoms. The lowest BCUT2D eigenvalue weighted by Gasteiger charge is -2.30. The summed E-state index contributed by atoms with van der Waals surface area (Å²) in [5.74, 6) is -0.153. The van der Waals surface area contributed by atoms with Crippen LogP contribution in [0.2, 0.25) is 58.9 Å². The van der Waals surface area contributed by atoms with E-state index in [9.17, 15) is 4.79 Å². The maximum absolute atomic E-state index is 12.3. The van der Waals surface area contributed by atoms with Crippen LogP contribution < -0.4 is 4.98 Å². The highest BCUT2D eigenvalue weighted by atomic mass is 28.4. The van der Waals surface area contributed by atoms with Crippen molar-refractivity contribution in [2.45, 2.75) is 65.0 Å². The quantitative estimate of drug-likeness (QED) is 0.732. The van der Waals surface area contributed by atoms with E-state index >= 15 is 0 Å². The van der Waals surface area contributed by atoms with Crippen molar-refractivity contribution in [1.82, 2.24) is 4.98 Å². The van der Waals surface area contributed by atoms with Crippen molar-refractivity contribution in [2.75, 3.05) is 6.61 Å². The van der Waals surface area contributed by atoms with Gasteiger partial charge in [0.05, 0.1) is 6.61 Å². The summed E-state index contributed by atoms with van der Waals surface area (Å²) in [7, 11) is -5.03. The van der Waals surface area contributed by atoms with Crippen LogP contribution >= 0.6 is 0 Å². The Kier molecular flexibility index (Phi) is 6.68. The van der Waals surface area contributed by atoms with Crippen molar-refractivity contribution in [3.05, 3.63) is 0 Å². The fourth-order valence-corrected chi connectivity index (χ4v) is 4.06. The molecule has 0 heterocycles. The van der Waals surface area contributed by atoms with Gasteiger partial charge in [-0.1, -0.05) is 19.6 Å². The molecule has 0 saturated carbocycles. The molecule has 0 aliphatic rings. The number of carbonyl (C=O) groups excluding carboxylic acids is 1. The first-order valence-electron chi connectivity index (χ1n) is 6.84. The number of hydrogen-bond acceptors (Lipinski definition) is 4. The average Bonchev–Trinajstić information content (AvgIpc) is 2.05. The molecule has 0 bridgehead atoms. The van der Waals surface area contributed by atoms with E-state index in [-0.39, 0.29) is 12.0 Å². The van der Waals surface area contributed by atoms with Crippen molar-refractivity contribution >= 4 is 30.8 Å². The van der Waals surface area contributed by atoms with Crippen LogP contribution in [0, 0.1) is 0 Å². The van der Waals surface area contributed by atoms with Gasteiger partial charge in [-0.3, -0.25) is 4.79 Å². The summed E-state index contributed by atoms with van der Waals surface area (Å²) >= 11 is 0. The maximum atomic E-state index is 12.3. The molecule has 4 nitrogen and oxygen atoms in total. The Morgan fingerprint density at radius 3 is 1.74 bits per heavy atom. The SMILES string of the molecule is C[Si](C)(C)N[C@H](CO[Si](C)(C)C)C(=O)O[Si](C)(C)C. The highest BCUT2D eigenvalue weighted by Gasteiger charge is 2.31. The molecule has 7 heteroatoms. The van der Waals surface area contributed by atoms with Crippen LogP contribution in [-0.2, 0) is 13.6 Å². The third-order valence-corrected chi connectivity index (χ3v) is 5.04. The minimum atomic E-state index is -1.85. The fraction of sp³-hybridized carbons (Fsp3) is 0.917. The molecule has 0 aromatic rings. The summed E-state index contributed by atoms with van der Waals surface area (Å²) in [5, 5.41) is 0. The van der Waals surface area contributed by atoms with Crippen LogP contribution in [0.15, 0.2) is 0 Å². The minimum Gasteiger partial charge on any atom is -0.519 e. The highest BCUT2D eigenvalue weighted by molar-refractivity contribution is 6.74. The van der Waals surface area contributed by atoms with Crippen molar-refractivity contribution in [1.29, 1.82) is 0 Å². The molecule has 0 aromatic heterocycles. The topological polar surface area (TPSA) is 47.6 Å². The zero-order chi connectivity index (χ0) is 15.5. The van der Waals surface area contributed by atoms with Gasteiger partial charge in [-0.05, 0) is 39.3 Å². The van der Waals surface area contributed by atoms with Gasteiger partial charge in [0.1, 0.15) is 14.3 Å². The molecule has 0 aromatic carbocycles. The largest absolute Gasteiger partial charge is 0.519 e. The second-order valence-corrected chi connectivity index (χ2v) is 21.6. The summed E-state index contributed by atoms with van der Waals surface area (Å²) in [6, 6.07) is -0.329. The number of rotatable bonds is 7. The lowest BCUT2D eigenvalue weighted by atomic mass is 10.3. The lowest BCUT2D eigenvalue weighted by molar-refractivity contribution is -0.137. The summed E-state index contributed by atoms with van der Waals surface area (Å²) in [6.07, 6.45) is 0. The van der Waals surface area contributed by atoms with Crippen molar-refractivity contribution in [3.63, 3.8) is 0 Å². The van der Waals surface area contributed by atoms with Crippen molar-refractivity contribution < 1.29 is 13.6 Å². The van der Waals surface area contributed by atoms with Crippen LogP contribution in [0.1, 0.15) is 0 Å². The Morgan fingerprint density at radius 2 is 1.42 bits per heavy atom. The molecular formula is C12H31NO3Si3. The molecule has 114 valence electrons. The van der Waals surface area contributed by atoms with Gasteiger partial charge in [-0.15, -0.1) is 0 Å². The van der Waals surface area contributed by atoms with Gasteiger partial charge >= 0.3 is 5.97 Å². The molecule has 0 unspecified atom stereocenters. The number of hydrogen-bond donors (Lipinski definition) is 1. The summed E-state index contributed by atoms with van der Waals surface area (Å²) in [5.41, 5.74) is 0. The molecular weight excluding hydrogens is 290 g/mol. The van der Waals surface area contributed by atoms with E-state index in [0.29, 0.717) is 6.61 Å². The molecule has 0 fully saturated rings. The molecule has 0 spiro atoms. The van der Waals surface area contributed by atoms with Gasteiger partial charge in [0.15, 0.2) is 8.32 Å². The maximum Gasteiger partial charge on any atom is 0.311 e. The minimum absolute atomic E-state index is 0.153. The average molecular weight is 322 g/mol. The zero-order valence-corrected chi connectivity index (χ0v) is 17.0. The van der Waals surface area contributed by atoms with Crippen LogP contribution in [0.5, 0.6) is 0 Å². The first-order chi connectivity index (χ1) is 8.20. The fourth-order valence-electron chi connectivity index (χ4n) is 1.40. The standard InChI is InChI=1S/C12H31NO3Si3/c1-17(2,3)13-11(10-15-18(4,5)6)12(14)16-19(7,8)9/h11,13H,10H2,1-9H3/t11-/m1/s1. The molecule has 0 radical (unpaired) electrons. The van der Waals surface area contributed by atoms with Gasteiger partial charge < -0.3 is 13.8 Å². The monoisotopic (exact) mass is 321 g/mol. The molecule has 0 saturated heterocycles. The van der Waals surface area contributed by atoms with Gasteiger partial charge in [0, 0.05) is 0 Å². The van der Waals surface area contributed by atoms with Crippen molar-refractivity contribution in [3.8, 4) is 0 Å². The summed E-state index contributed by atoms with van der Waals surface area (Å²) < 4.78 is 11.5. The Hall–Kier alpha value is 0.0406. The van der Waals surface area contributed by atoms with Gasteiger partial charge in [0.25, 0.3) is 0 Å². The van der Waals surface area contributed by atoms with E-state index in [1.807, 2.05) is 19.6 Å². The molecule has 1 atom stereocenters. The van der Waals surface area contributed by atoms with E-state index < -0.39 is 24.9 Å². The van der Waals surface area contributed by atoms with Crippen LogP contribution in [-0.4, -0.2) is 43.5 Å². The first kappa shape index (κ1) is 19.0. The predicted molar refractivity (Wildman–Crippen MR) is 89.0 cm³/mol. The van der Waals surface area contributed by atoms with Gasteiger partial charge in [-0.25, -0.2) is 0 Å². The van der Waals surface area contributed by atoms with Gasteiger partial charge in [-0.2, -0.15) is 0 Å². The van der Waals surface area contributed by atoms with Crippen LogP contribution in [0.4, 0.5) is 0 Å². The zero-order valence-electron chi connectivity index (χ0n) is 14.0. The second kappa shape index (κ2) is 6.66. The van der Waals surface area contributed by atoms with E-state index in [0.717, 1.165) is 0 Å². The van der Waals surface area contributed by atoms with Gasteiger partial charge in [0.2, 0.25) is 8.32 Å². The lowest BCUT2D eigenvalue weighted by Crippen LogP contribution is -2.56. The van der Waals surface area contributed by atoms with Crippen LogP contribution in [0.25, 0.3) is 0 Å². The molecule has 0 rings (SSSR count). The number of carbonyl (C=O) groups is 1. The Labute approximate surface area is 121 Å². The Bertz CT molecular complexity index is 303. The third-order valence-electron chi connectivity index (χ3n) is 1.98. The highest BCUT2D eigenvalue weighted by Crippen LogP contribution is 2.10. The van der Waals surface area contributed by atoms with Crippen LogP contribution in [0.3, 0.4) is 0 Å². The van der Waals surface area contributed by atoms with E-state index in [4.69, 9.17) is 8.85 Å². The smallest absolute Gasteiger partial charge is 0.311 e. The normalized spacial score (nSPS) is 15.2. The predicted octanol–water partition coefficient (Wildman–Crippen LogP) is 3.01. The Morgan fingerprint density at radius 1 is 0.947 bits per heavy atom. The Balaban J connectivity index is 4.72. The first-order valence-corrected chi connectivity index (χ1v) is 17.2.